The molecule has 1 N–H and O–H groups in total. The topological polar surface area (TPSA) is 80.8 Å². The number of carbonyl (C=O) groups excluding carboxylic acids is 2. The van der Waals surface area contributed by atoms with Gasteiger partial charge in [-0.2, -0.15) is 0 Å². The van der Waals surface area contributed by atoms with Gasteiger partial charge >= 0.3 is 12.0 Å². The molecule has 140 valence electrons. The van der Waals surface area contributed by atoms with Crippen molar-refractivity contribution in [1.29, 1.82) is 0 Å². The van der Waals surface area contributed by atoms with Crippen molar-refractivity contribution in [3.63, 3.8) is 0 Å². The van der Waals surface area contributed by atoms with Crippen molar-refractivity contribution in [3.05, 3.63) is 46.2 Å². The number of anilines is 1. The Morgan fingerprint density at radius 2 is 2.12 bits per heavy atom. The molecule has 0 fully saturated rings. The monoisotopic (exact) mass is 381 g/mol. The molecule has 0 aliphatic rings. The Morgan fingerprint density at radius 3 is 2.81 bits per heavy atom. The molecule has 1 aromatic heterocycles. The molecule has 26 heavy (non-hydrogen) atoms. The zero-order valence-electron chi connectivity index (χ0n) is 14.5. The molecular formula is C17H20FN3O4S. The highest BCUT2D eigenvalue weighted by Crippen LogP contribution is 2.16. The van der Waals surface area contributed by atoms with Crippen molar-refractivity contribution in [2.75, 3.05) is 32.2 Å². The molecule has 2 aromatic rings. The summed E-state index contributed by atoms with van der Waals surface area (Å²) in [5.74, 6) is -1.03. The summed E-state index contributed by atoms with van der Waals surface area (Å²) in [5, 5.41) is 4.67. The maximum Gasteiger partial charge on any atom is 0.357 e. The first-order chi connectivity index (χ1) is 12.5. The van der Waals surface area contributed by atoms with Gasteiger partial charge in [0, 0.05) is 19.0 Å². The number of esters is 1. The zero-order valence-corrected chi connectivity index (χ0v) is 15.3. The SMILES string of the molecule is CCOC(=O)c1csc(CN(CCOC)C(=O)Nc2ccccc2F)n1. The number of urea groups is 1. The van der Waals surface area contributed by atoms with Crippen LogP contribution in [0.4, 0.5) is 14.9 Å². The lowest BCUT2D eigenvalue weighted by molar-refractivity contribution is 0.0520. The summed E-state index contributed by atoms with van der Waals surface area (Å²) < 4.78 is 23.7. The maximum atomic E-state index is 13.7. The van der Waals surface area contributed by atoms with Gasteiger partial charge in [0.15, 0.2) is 5.69 Å². The number of nitrogens with zero attached hydrogens (tertiary/aromatic N) is 2. The molecule has 9 heteroatoms. The zero-order chi connectivity index (χ0) is 18.9. The lowest BCUT2D eigenvalue weighted by Crippen LogP contribution is -2.37. The van der Waals surface area contributed by atoms with Crippen LogP contribution in [0, 0.1) is 5.82 Å². The van der Waals surface area contributed by atoms with E-state index in [1.54, 1.807) is 24.4 Å². The first kappa shape index (κ1) is 19.8. The molecule has 7 nitrogen and oxygen atoms in total. The summed E-state index contributed by atoms with van der Waals surface area (Å²) in [6.07, 6.45) is 0. The van der Waals surface area contributed by atoms with E-state index < -0.39 is 17.8 Å². The summed E-state index contributed by atoms with van der Waals surface area (Å²) in [5.41, 5.74) is 0.291. The number of methoxy groups -OCH3 is 1. The lowest BCUT2D eigenvalue weighted by atomic mass is 10.3. The average Bonchev–Trinajstić information content (AvgIpc) is 3.09. The Bertz CT molecular complexity index is 753. The van der Waals surface area contributed by atoms with Crippen LogP contribution in [0.1, 0.15) is 22.4 Å². The van der Waals surface area contributed by atoms with E-state index in [4.69, 9.17) is 9.47 Å². The number of hydrogen-bond acceptors (Lipinski definition) is 6. The number of para-hydroxylation sites is 1. The Hall–Kier alpha value is -2.52. The van der Waals surface area contributed by atoms with E-state index in [1.807, 2.05) is 0 Å². The Kier molecular flexibility index (Phi) is 7.49. The maximum absolute atomic E-state index is 13.7. The van der Waals surface area contributed by atoms with Gasteiger partial charge in [-0.1, -0.05) is 12.1 Å². The highest BCUT2D eigenvalue weighted by molar-refractivity contribution is 7.09. The van der Waals surface area contributed by atoms with Gasteiger partial charge in [-0.25, -0.2) is 19.0 Å². The minimum atomic E-state index is -0.522. The van der Waals surface area contributed by atoms with E-state index in [0.717, 1.165) is 0 Å². The van der Waals surface area contributed by atoms with Crippen LogP contribution in [0.15, 0.2) is 29.6 Å². The molecule has 0 aliphatic heterocycles. The summed E-state index contributed by atoms with van der Waals surface area (Å²) in [6, 6.07) is 5.43. The van der Waals surface area contributed by atoms with Crippen molar-refractivity contribution in [1.82, 2.24) is 9.88 Å². The average molecular weight is 381 g/mol. The minimum absolute atomic E-state index is 0.0891. The van der Waals surface area contributed by atoms with Gasteiger partial charge in [0.05, 0.1) is 25.4 Å². The fourth-order valence-corrected chi connectivity index (χ4v) is 2.83. The number of thiazole rings is 1. The molecule has 0 spiro atoms. The largest absolute Gasteiger partial charge is 0.461 e. The summed E-state index contributed by atoms with van der Waals surface area (Å²) in [4.78, 5) is 29.8. The van der Waals surface area contributed by atoms with Crippen LogP contribution in [0.5, 0.6) is 0 Å². The van der Waals surface area contributed by atoms with Gasteiger partial charge < -0.3 is 19.7 Å². The van der Waals surface area contributed by atoms with Gasteiger partial charge in [0.1, 0.15) is 10.8 Å². The molecule has 0 saturated heterocycles. The van der Waals surface area contributed by atoms with E-state index in [2.05, 4.69) is 10.3 Å². The fraction of sp³-hybridized carbons (Fsp3) is 0.353. The van der Waals surface area contributed by atoms with E-state index in [0.29, 0.717) is 11.6 Å². The first-order valence-electron chi connectivity index (χ1n) is 7.96. The van der Waals surface area contributed by atoms with Crippen LogP contribution < -0.4 is 5.32 Å². The quantitative estimate of drug-likeness (QED) is 0.711. The van der Waals surface area contributed by atoms with Gasteiger partial charge in [-0.15, -0.1) is 11.3 Å². The highest BCUT2D eigenvalue weighted by Gasteiger charge is 2.19. The van der Waals surface area contributed by atoms with Gasteiger partial charge in [0.25, 0.3) is 0 Å². The Balaban J connectivity index is 2.08. The number of halogens is 1. The second kappa shape index (κ2) is 9.83. The first-order valence-corrected chi connectivity index (χ1v) is 8.84. The normalized spacial score (nSPS) is 10.4. The molecule has 0 unspecified atom stereocenters. The van der Waals surface area contributed by atoms with E-state index in [9.17, 15) is 14.0 Å². The lowest BCUT2D eigenvalue weighted by Gasteiger charge is -2.22. The van der Waals surface area contributed by atoms with E-state index in [1.165, 1.54) is 35.5 Å². The van der Waals surface area contributed by atoms with Gasteiger partial charge in [-0.3, -0.25) is 0 Å². The van der Waals surface area contributed by atoms with Crippen molar-refractivity contribution in [2.45, 2.75) is 13.5 Å². The molecule has 0 saturated carbocycles. The standard InChI is InChI=1S/C17H20FN3O4S/c1-3-25-16(22)14-11-26-15(19-14)10-21(8-9-24-2)17(23)20-13-7-5-4-6-12(13)18/h4-7,11H,3,8-10H2,1-2H3,(H,20,23). The third-order valence-corrected chi connectivity index (χ3v) is 4.16. The van der Waals surface area contributed by atoms with Crippen LogP contribution in [0.2, 0.25) is 0 Å². The molecule has 0 atom stereocenters. The second-order valence-corrected chi connectivity index (χ2v) is 6.11. The van der Waals surface area contributed by atoms with Crippen molar-refractivity contribution in [2.24, 2.45) is 0 Å². The smallest absolute Gasteiger partial charge is 0.357 e. The summed E-state index contributed by atoms with van der Waals surface area (Å²) in [6.45, 7) is 2.72. The van der Waals surface area contributed by atoms with Crippen LogP contribution in [-0.4, -0.2) is 48.8 Å². The number of hydrogen-bond donors (Lipinski definition) is 1. The number of ether oxygens (including phenoxy) is 2. The Morgan fingerprint density at radius 1 is 1.35 bits per heavy atom. The van der Waals surface area contributed by atoms with E-state index >= 15 is 0 Å². The molecule has 0 aliphatic carbocycles. The Labute approximate surface area is 154 Å². The fourth-order valence-electron chi connectivity index (χ4n) is 2.06. The number of amides is 2. The molecule has 1 heterocycles. The predicted octanol–water partition coefficient (Wildman–Crippen LogP) is 3.14. The molecule has 2 amide bonds. The molecular weight excluding hydrogens is 361 g/mol. The van der Waals surface area contributed by atoms with Crippen LogP contribution >= 0.6 is 11.3 Å². The predicted molar refractivity (Wildman–Crippen MR) is 95.8 cm³/mol. The highest BCUT2D eigenvalue weighted by atomic mass is 32.1. The van der Waals surface area contributed by atoms with E-state index in [-0.39, 0.29) is 31.1 Å². The molecule has 0 bridgehead atoms. The van der Waals surface area contributed by atoms with Crippen molar-refractivity contribution in [3.8, 4) is 0 Å². The van der Waals surface area contributed by atoms with Crippen LogP contribution in [0.3, 0.4) is 0 Å². The molecule has 0 radical (unpaired) electrons. The second-order valence-electron chi connectivity index (χ2n) is 5.17. The third kappa shape index (κ3) is 5.50. The number of aromatic nitrogens is 1. The third-order valence-electron chi connectivity index (χ3n) is 3.33. The number of benzene rings is 1. The van der Waals surface area contributed by atoms with Gasteiger partial charge in [0.2, 0.25) is 0 Å². The van der Waals surface area contributed by atoms with Crippen LogP contribution in [0.25, 0.3) is 0 Å². The van der Waals surface area contributed by atoms with Crippen molar-refractivity contribution < 1.29 is 23.5 Å². The molecule has 1 aromatic carbocycles. The molecule has 2 rings (SSSR count). The van der Waals surface area contributed by atoms with Gasteiger partial charge in [-0.05, 0) is 19.1 Å². The minimum Gasteiger partial charge on any atom is -0.461 e. The number of nitrogens with one attached hydrogen (secondary N) is 1. The van der Waals surface area contributed by atoms with Crippen molar-refractivity contribution >= 4 is 29.0 Å². The summed E-state index contributed by atoms with van der Waals surface area (Å²) in [7, 11) is 1.52. The number of rotatable bonds is 8. The van der Waals surface area contributed by atoms with Crippen LogP contribution in [-0.2, 0) is 16.0 Å². The summed E-state index contributed by atoms with van der Waals surface area (Å²) >= 11 is 1.24. The number of carbonyl (C=O) groups is 2.